The van der Waals surface area contributed by atoms with Crippen LogP contribution in [0, 0.1) is 0 Å². The second-order valence-corrected chi connectivity index (χ2v) is 11.0. The Balaban J connectivity index is 1.81. The van der Waals surface area contributed by atoms with E-state index in [9.17, 15) is 4.79 Å². The van der Waals surface area contributed by atoms with E-state index in [0.717, 1.165) is 61.2 Å². The zero-order chi connectivity index (χ0) is 29.0. The maximum atomic E-state index is 12.5. The molecule has 2 aromatic carbocycles. The summed E-state index contributed by atoms with van der Waals surface area (Å²) >= 11 is 0. The van der Waals surface area contributed by atoms with E-state index in [4.69, 9.17) is 23.7 Å². The molecule has 0 unspecified atom stereocenters. The number of hydrogen-bond donors (Lipinski definition) is 0. The monoisotopic (exact) mass is 568 g/mol. The van der Waals surface area contributed by atoms with Crippen molar-refractivity contribution < 1.29 is 28.5 Å². The lowest BCUT2D eigenvalue weighted by molar-refractivity contribution is -0.157. The van der Waals surface area contributed by atoms with Gasteiger partial charge in [-0.1, -0.05) is 94.7 Å². The van der Waals surface area contributed by atoms with Gasteiger partial charge in [-0.3, -0.25) is 0 Å². The number of ether oxygens (including phenoxy) is 5. The SMILES string of the molecule is CCCCCCCCCCC1(OCC(=O)OCC)CCc2ccccc2OCCOCCOc2ccccc2CC1. The predicted molar refractivity (Wildman–Crippen MR) is 164 cm³/mol. The quantitative estimate of drug-likeness (QED) is 0.181. The molecule has 6 nitrogen and oxygen atoms in total. The molecule has 41 heavy (non-hydrogen) atoms. The number of benzene rings is 2. The Morgan fingerprint density at radius 3 is 1.83 bits per heavy atom. The van der Waals surface area contributed by atoms with Crippen molar-refractivity contribution in [3.63, 3.8) is 0 Å². The fraction of sp³-hybridized carbons (Fsp3) is 0.629. The Hall–Kier alpha value is -2.57. The van der Waals surface area contributed by atoms with Gasteiger partial charge < -0.3 is 23.7 Å². The molecule has 3 rings (SSSR count). The molecule has 0 atom stereocenters. The van der Waals surface area contributed by atoms with Gasteiger partial charge in [0.15, 0.2) is 0 Å². The van der Waals surface area contributed by atoms with Crippen molar-refractivity contribution in [2.24, 2.45) is 0 Å². The van der Waals surface area contributed by atoms with Crippen LogP contribution in [0.4, 0.5) is 0 Å². The molecule has 0 N–H and O–H groups in total. The summed E-state index contributed by atoms with van der Waals surface area (Å²) < 4.78 is 29.8. The average Bonchev–Trinajstić information content (AvgIpc) is 2.99. The van der Waals surface area contributed by atoms with E-state index in [2.05, 4.69) is 31.2 Å². The summed E-state index contributed by atoms with van der Waals surface area (Å²) in [6.07, 6.45) is 14.1. The lowest BCUT2D eigenvalue weighted by Crippen LogP contribution is -2.36. The maximum Gasteiger partial charge on any atom is 0.332 e. The highest BCUT2D eigenvalue weighted by molar-refractivity contribution is 5.70. The summed E-state index contributed by atoms with van der Waals surface area (Å²) in [5.74, 6) is 1.47. The van der Waals surface area contributed by atoms with E-state index < -0.39 is 5.60 Å². The average molecular weight is 569 g/mol. The van der Waals surface area contributed by atoms with Crippen LogP contribution in [0.2, 0.25) is 0 Å². The van der Waals surface area contributed by atoms with Crippen molar-refractivity contribution >= 4 is 5.97 Å². The fourth-order valence-electron chi connectivity index (χ4n) is 5.54. The number of fused-ring (bicyclic) bond motifs is 2. The summed E-state index contributed by atoms with van der Waals surface area (Å²) in [4.78, 5) is 12.5. The molecule has 1 aliphatic rings. The highest BCUT2D eigenvalue weighted by Crippen LogP contribution is 2.34. The Labute approximate surface area is 248 Å². The van der Waals surface area contributed by atoms with Crippen molar-refractivity contribution in [2.75, 3.05) is 39.6 Å². The molecule has 228 valence electrons. The second kappa shape index (κ2) is 19.5. The van der Waals surface area contributed by atoms with Gasteiger partial charge in [-0.15, -0.1) is 0 Å². The smallest absolute Gasteiger partial charge is 0.332 e. The molecule has 1 aliphatic heterocycles. The van der Waals surface area contributed by atoms with Gasteiger partial charge in [0, 0.05) is 0 Å². The van der Waals surface area contributed by atoms with Crippen LogP contribution < -0.4 is 9.47 Å². The van der Waals surface area contributed by atoms with Gasteiger partial charge in [-0.2, -0.15) is 0 Å². The number of carbonyl (C=O) groups is 1. The second-order valence-electron chi connectivity index (χ2n) is 11.0. The van der Waals surface area contributed by atoms with E-state index in [-0.39, 0.29) is 12.6 Å². The number of rotatable bonds is 13. The van der Waals surface area contributed by atoms with Gasteiger partial charge in [-0.05, 0) is 62.3 Å². The number of esters is 1. The fourth-order valence-corrected chi connectivity index (χ4v) is 5.54. The van der Waals surface area contributed by atoms with E-state index in [1.807, 2.05) is 31.2 Å². The van der Waals surface area contributed by atoms with Crippen LogP contribution in [-0.2, 0) is 31.8 Å². The molecule has 0 aliphatic carbocycles. The van der Waals surface area contributed by atoms with E-state index in [0.29, 0.717) is 33.0 Å². The van der Waals surface area contributed by atoms with E-state index >= 15 is 0 Å². The van der Waals surface area contributed by atoms with Crippen LogP contribution in [0.1, 0.15) is 95.6 Å². The molecule has 0 fully saturated rings. The van der Waals surface area contributed by atoms with Crippen molar-refractivity contribution in [3.05, 3.63) is 59.7 Å². The molecule has 0 saturated heterocycles. The van der Waals surface area contributed by atoms with Crippen molar-refractivity contribution in [3.8, 4) is 11.5 Å². The molecule has 2 aromatic rings. The van der Waals surface area contributed by atoms with Crippen LogP contribution in [0.5, 0.6) is 11.5 Å². The number of hydrogen-bond acceptors (Lipinski definition) is 6. The number of unbranched alkanes of at least 4 members (excludes halogenated alkanes) is 7. The molecule has 1 heterocycles. The van der Waals surface area contributed by atoms with Crippen molar-refractivity contribution in [2.45, 2.75) is 103 Å². The first-order chi connectivity index (χ1) is 20.2. The summed E-state index contributed by atoms with van der Waals surface area (Å²) in [7, 11) is 0. The third kappa shape index (κ3) is 12.5. The molecule has 6 heteroatoms. The summed E-state index contributed by atoms with van der Waals surface area (Å²) in [5.41, 5.74) is 1.85. The predicted octanol–water partition coefficient (Wildman–Crippen LogP) is 7.89. The van der Waals surface area contributed by atoms with Crippen LogP contribution in [-0.4, -0.2) is 51.2 Å². The van der Waals surface area contributed by atoms with E-state index in [1.54, 1.807) is 0 Å². The lowest BCUT2D eigenvalue weighted by atomic mass is 9.83. The Morgan fingerprint density at radius 2 is 1.27 bits per heavy atom. The first-order valence-electron chi connectivity index (χ1n) is 15.9. The molecule has 0 radical (unpaired) electrons. The largest absolute Gasteiger partial charge is 0.491 e. The van der Waals surface area contributed by atoms with Gasteiger partial charge in [-0.25, -0.2) is 4.79 Å². The Morgan fingerprint density at radius 1 is 0.732 bits per heavy atom. The van der Waals surface area contributed by atoms with Crippen molar-refractivity contribution in [1.29, 1.82) is 0 Å². The maximum absolute atomic E-state index is 12.5. The first kappa shape index (κ1) is 32.9. The van der Waals surface area contributed by atoms with Crippen molar-refractivity contribution in [1.82, 2.24) is 0 Å². The van der Waals surface area contributed by atoms with Gasteiger partial charge in [0.25, 0.3) is 0 Å². The molecule has 0 aromatic heterocycles. The van der Waals surface area contributed by atoms with Gasteiger partial charge in [0.05, 0.1) is 25.4 Å². The van der Waals surface area contributed by atoms with Crippen LogP contribution in [0.15, 0.2) is 48.5 Å². The minimum absolute atomic E-state index is 0.0293. The minimum Gasteiger partial charge on any atom is -0.491 e. The number of aryl methyl sites for hydroxylation is 2. The van der Waals surface area contributed by atoms with Gasteiger partial charge >= 0.3 is 5.97 Å². The van der Waals surface area contributed by atoms with Crippen LogP contribution in [0.25, 0.3) is 0 Å². The molecule has 0 saturated carbocycles. The highest BCUT2D eigenvalue weighted by atomic mass is 16.6. The molecule has 0 spiro atoms. The first-order valence-corrected chi connectivity index (χ1v) is 15.9. The third-order valence-corrected chi connectivity index (χ3v) is 7.90. The Bertz CT molecular complexity index is 935. The topological polar surface area (TPSA) is 63.2 Å². The zero-order valence-electron chi connectivity index (χ0n) is 25.5. The Kier molecular flexibility index (Phi) is 15.7. The highest BCUT2D eigenvalue weighted by Gasteiger charge is 2.32. The number of para-hydroxylation sites is 2. The molecular weight excluding hydrogens is 516 g/mol. The third-order valence-electron chi connectivity index (χ3n) is 7.90. The molecule has 0 amide bonds. The molecular formula is C35H52O6. The van der Waals surface area contributed by atoms with Gasteiger partial charge in [0.1, 0.15) is 31.3 Å². The zero-order valence-corrected chi connectivity index (χ0v) is 25.5. The van der Waals surface area contributed by atoms with E-state index in [1.165, 1.54) is 44.9 Å². The summed E-state index contributed by atoms with van der Waals surface area (Å²) in [6.45, 7) is 6.39. The summed E-state index contributed by atoms with van der Waals surface area (Å²) in [5, 5.41) is 0. The summed E-state index contributed by atoms with van der Waals surface area (Å²) in [6, 6.07) is 16.5. The number of carbonyl (C=O) groups excluding carboxylic acids is 1. The normalized spacial score (nSPS) is 16.0. The van der Waals surface area contributed by atoms with Crippen LogP contribution >= 0.6 is 0 Å². The standard InChI is InChI=1S/C35H52O6/c1-3-5-6-7-8-9-10-15-22-35(41-29-34(36)38-4-2)23-20-30-16-11-13-18-32(30)39-27-25-37-26-28-40-33-19-14-12-17-31(33)21-24-35/h11-14,16-19H,3-10,15,20-29H2,1-2H3. The van der Waals surface area contributed by atoms with Gasteiger partial charge in [0.2, 0.25) is 0 Å². The lowest BCUT2D eigenvalue weighted by Gasteiger charge is -2.35. The molecule has 0 bridgehead atoms. The van der Waals surface area contributed by atoms with Crippen LogP contribution in [0.3, 0.4) is 0 Å². The minimum atomic E-state index is -0.463.